The van der Waals surface area contributed by atoms with Crippen molar-refractivity contribution in [3.63, 3.8) is 0 Å². The number of hydrogen-bond donors (Lipinski definition) is 2. The maximum atomic E-state index is 4.70. The Kier molecular flexibility index (Phi) is 3.71. The van der Waals surface area contributed by atoms with Crippen LogP contribution in [0, 0.1) is 0 Å². The SMILES string of the molecule is CCCNc1nc(N(C)C2CCCC2)c2cn[nH]c2n1. The normalized spacial score (nSPS) is 15.9. The van der Waals surface area contributed by atoms with Crippen molar-refractivity contribution in [1.82, 2.24) is 20.2 Å². The molecular formula is C14H22N6. The van der Waals surface area contributed by atoms with Crippen LogP contribution in [0.2, 0.25) is 0 Å². The summed E-state index contributed by atoms with van der Waals surface area (Å²) in [6.45, 7) is 3.01. The fourth-order valence-corrected chi connectivity index (χ4v) is 2.87. The number of fused-ring (bicyclic) bond motifs is 1. The average molecular weight is 274 g/mol. The highest BCUT2D eigenvalue weighted by atomic mass is 15.3. The van der Waals surface area contributed by atoms with Gasteiger partial charge < -0.3 is 10.2 Å². The number of anilines is 2. The van der Waals surface area contributed by atoms with Crippen LogP contribution in [-0.4, -0.2) is 39.8 Å². The van der Waals surface area contributed by atoms with Crippen molar-refractivity contribution in [3.05, 3.63) is 6.20 Å². The largest absolute Gasteiger partial charge is 0.356 e. The standard InChI is InChI=1S/C14H22N6/c1-3-8-15-14-17-12-11(9-16-19-12)13(18-14)20(2)10-6-4-5-7-10/h9-10H,3-8H2,1-2H3,(H2,15,16,17,18,19). The number of nitrogens with zero attached hydrogens (tertiary/aromatic N) is 4. The maximum Gasteiger partial charge on any atom is 0.226 e. The first-order chi connectivity index (χ1) is 9.79. The van der Waals surface area contributed by atoms with E-state index in [1.807, 2.05) is 6.20 Å². The summed E-state index contributed by atoms with van der Waals surface area (Å²) in [6, 6.07) is 0.585. The van der Waals surface area contributed by atoms with Crippen molar-refractivity contribution in [2.45, 2.75) is 45.1 Å². The number of rotatable bonds is 5. The van der Waals surface area contributed by atoms with Crippen molar-refractivity contribution in [1.29, 1.82) is 0 Å². The van der Waals surface area contributed by atoms with E-state index in [4.69, 9.17) is 4.98 Å². The molecule has 2 N–H and O–H groups in total. The number of aromatic nitrogens is 4. The zero-order valence-electron chi connectivity index (χ0n) is 12.2. The van der Waals surface area contributed by atoms with E-state index < -0.39 is 0 Å². The third kappa shape index (κ3) is 2.42. The third-order valence-electron chi connectivity index (χ3n) is 4.03. The molecule has 1 fully saturated rings. The zero-order valence-corrected chi connectivity index (χ0v) is 12.2. The van der Waals surface area contributed by atoms with Gasteiger partial charge in [-0.25, -0.2) is 0 Å². The van der Waals surface area contributed by atoms with Crippen LogP contribution in [0.1, 0.15) is 39.0 Å². The lowest BCUT2D eigenvalue weighted by Crippen LogP contribution is -2.30. The first kappa shape index (κ1) is 13.1. The van der Waals surface area contributed by atoms with Crippen LogP contribution in [0.4, 0.5) is 11.8 Å². The molecule has 0 aliphatic heterocycles. The van der Waals surface area contributed by atoms with E-state index >= 15 is 0 Å². The number of hydrogen-bond acceptors (Lipinski definition) is 5. The van der Waals surface area contributed by atoms with E-state index in [1.165, 1.54) is 25.7 Å². The van der Waals surface area contributed by atoms with Crippen LogP contribution in [-0.2, 0) is 0 Å². The molecule has 0 aromatic carbocycles. The van der Waals surface area contributed by atoms with Gasteiger partial charge in [-0.05, 0) is 19.3 Å². The minimum Gasteiger partial charge on any atom is -0.356 e. The van der Waals surface area contributed by atoms with Gasteiger partial charge in [0.15, 0.2) is 5.65 Å². The van der Waals surface area contributed by atoms with E-state index in [0.29, 0.717) is 12.0 Å². The summed E-state index contributed by atoms with van der Waals surface area (Å²) in [7, 11) is 2.13. The van der Waals surface area contributed by atoms with Crippen LogP contribution in [0.5, 0.6) is 0 Å². The second-order valence-electron chi connectivity index (χ2n) is 5.48. The maximum absolute atomic E-state index is 4.70. The third-order valence-corrected chi connectivity index (χ3v) is 4.03. The second kappa shape index (κ2) is 5.64. The second-order valence-corrected chi connectivity index (χ2v) is 5.48. The van der Waals surface area contributed by atoms with Gasteiger partial charge in [0.2, 0.25) is 5.95 Å². The van der Waals surface area contributed by atoms with E-state index in [9.17, 15) is 0 Å². The molecule has 2 aromatic heterocycles. The van der Waals surface area contributed by atoms with Crippen molar-refractivity contribution >= 4 is 22.8 Å². The Morgan fingerprint density at radius 3 is 2.90 bits per heavy atom. The lowest BCUT2D eigenvalue weighted by Gasteiger charge is -2.26. The molecule has 1 aliphatic carbocycles. The molecule has 108 valence electrons. The van der Waals surface area contributed by atoms with Crippen LogP contribution in [0.3, 0.4) is 0 Å². The molecule has 6 nitrogen and oxygen atoms in total. The quantitative estimate of drug-likeness (QED) is 0.877. The first-order valence-electron chi connectivity index (χ1n) is 7.47. The van der Waals surface area contributed by atoms with Crippen LogP contribution >= 0.6 is 0 Å². The Bertz CT molecular complexity index is 572. The van der Waals surface area contributed by atoms with Gasteiger partial charge in [-0.1, -0.05) is 19.8 Å². The summed E-state index contributed by atoms with van der Waals surface area (Å²) in [4.78, 5) is 11.5. The van der Waals surface area contributed by atoms with Gasteiger partial charge in [0, 0.05) is 19.6 Å². The Morgan fingerprint density at radius 1 is 1.35 bits per heavy atom. The first-order valence-corrected chi connectivity index (χ1v) is 7.47. The minimum atomic E-state index is 0.585. The molecule has 0 spiro atoms. The molecule has 6 heteroatoms. The number of nitrogens with one attached hydrogen (secondary N) is 2. The van der Waals surface area contributed by atoms with Gasteiger partial charge in [-0.15, -0.1) is 0 Å². The van der Waals surface area contributed by atoms with Gasteiger partial charge in [-0.2, -0.15) is 15.1 Å². The molecule has 0 atom stereocenters. The monoisotopic (exact) mass is 274 g/mol. The molecule has 0 unspecified atom stereocenters. The predicted molar refractivity (Wildman–Crippen MR) is 81.1 cm³/mol. The predicted octanol–water partition coefficient (Wildman–Crippen LogP) is 2.55. The van der Waals surface area contributed by atoms with Crippen LogP contribution in [0.15, 0.2) is 6.20 Å². The average Bonchev–Trinajstić information content (AvgIpc) is 3.13. The molecule has 0 amide bonds. The van der Waals surface area contributed by atoms with Crippen LogP contribution < -0.4 is 10.2 Å². The van der Waals surface area contributed by atoms with Gasteiger partial charge in [0.1, 0.15) is 5.82 Å². The summed E-state index contributed by atoms with van der Waals surface area (Å²) >= 11 is 0. The van der Waals surface area contributed by atoms with E-state index in [-0.39, 0.29) is 0 Å². The van der Waals surface area contributed by atoms with Gasteiger partial charge in [-0.3, -0.25) is 5.10 Å². The van der Waals surface area contributed by atoms with E-state index in [1.54, 1.807) is 0 Å². The molecule has 0 radical (unpaired) electrons. The molecule has 2 heterocycles. The number of H-pyrrole nitrogens is 1. The lowest BCUT2D eigenvalue weighted by atomic mass is 10.2. The van der Waals surface area contributed by atoms with E-state index in [2.05, 4.69) is 39.4 Å². The van der Waals surface area contributed by atoms with Gasteiger partial charge in [0.25, 0.3) is 0 Å². The summed E-state index contributed by atoms with van der Waals surface area (Å²) in [5.41, 5.74) is 0.804. The molecule has 0 saturated heterocycles. The Morgan fingerprint density at radius 2 is 2.15 bits per heavy atom. The van der Waals surface area contributed by atoms with Crippen molar-refractivity contribution in [3.8, 4) is 0 Å². The summed E-state index contributed by atoms with van der Waals surface area (Å²) in [5, 5.41) is 11.3. The fourth-order valence-electron chi connectivity index (χ4n) is 2.87. The van der Waals surface area contributed by atoms with Crippen molar-refractivity contribution < 1.29 is 0 Å². The summed E-state index contributed by atoms with van der Waals surface area (Å²) in [6.07, 6.45) is 8.00. The van der Waals surface area contributed by atoms with Crippen LogP contribution in [0.25, 0.3) is 11.0 Å². The Labute approximate surface area is 119 Å². The highest BCUT2D eigenvalue weighted by Crippen LogP contribution is 2.30. The summed E-state index contributed by atoms with van der Waals surface area (Å²) in [5.74, 6) is 1.66. The molecular weight excluding hydrogens is 252 g/mol. The van der Waals surface area contributed by atoms with Gasteiger partial charge in [0.05, 0.1) is 11.6 Å². The molecule has 20 heavy (non-hydrogen) atoms. The molecule has 2 aromatic rings. The Balaban J connectivity index is 1.96. The lowest BCUT2D eigenvalue weighted by molar-refractivity contribution is 0.648. The zero-order chi connectivity index (χ0) is 13.9. The number of aromatic amines is 1. The molecule has 0 bridgehead atoms. The summed E-state index contributed by atoms with van der Waals surface area (Å²) < 4.78 is 0. The fraction of sp³-hybridized carbons (Fsp3) is 0.643. The highest BCUT2D eigenvalue weighted by Gasteiger charge is 2.23. The molecule has 3 rings (SSSR count). The van der Waals surface area contributed by atoms with Gasteiger partial charge >= 0.3 is 0 Å². The topological polar surface area (TPSA) is 69.7 Å². The Hall–Kier alpha value is -1.85. The highest BCUT2D eigenvalue weighted by molar-refractivity contribution is 5.87. The molecule has 1 saturated carbocycles. The van der Waals surface area contributed by atoms with Crippen molar-refractivity contribution in [2.75, 3.05) is 23.8 Å². The smallest absolute Gasteiger partial charge is 0.226 e. The molecule has 1 aliphatic rings. The van der Waals surface area contributed by atoms with E-state index in [0.717, 1.165) is 29.8 Å². The van der Waals surface area contributed by atoms with Crippen molar-refractivity contribution in [2.24, 2.45) is 0 Å². The minimum absolute atomic E-state index is 0.585.